The molecular formula is C21H25N7O3S. The molecule has 0 atom stereocenters. The molecule has 1 aliphatic heterocycles. The minimum absolute atomic E-state index is 0.0777. The number of sulfonamides is 1. The normalized spacial score (nSPS) is 14.2. The molecule has 2 aromatic carbocycles. The van der Waals surface area contributed by atoms with E-state index in [-0.39, 0.29) is 10.8 Å². The van der Waals surface area contributed by atoms with Crippen LogP contribution in [0, 0.1) is 6.92 Å². The van der Waals surface area contributed by atoms with Gasteiger partial charge >= 0.3 is 0 Å². The lowest BCUT2D eigenvalue weighted by molar-refractivity contribution is 0.102. The van der Waals surface area contributed by atoms with E-state index in [1.165, 1.54) is 31.2 Å². The lowest BCUT2D eigenvalue weighted by Gasteiger charge is -2.22. The summed E-state index contributed by atoms with van der Waals surface area (Å²) in [7, 11) is -0.742. The Morgan fingerprint density at radius 2 is 1.81 bits per heavy atom. The minimum Gasteiger partial charge on any atom is -0.371 e. The summed E-state index contributed by atoms with van der Waals surface area (Å²) in [6.45, 7) is 3.58. The van der Waals surface area contributed by atoms with Crippen molar-refractivity contribution in [1.82, 2.24) is 24.5 Å². The van der Waals surface area contributed by atoms with Crippen LogP contribution in [-0.4, -0.2) is 66.0 Å². The largest absolute Gasteiger partial charge is 0.371 e. The lowest BCUT2D eigenvalue weighted by atomic mass is 10.1. The molecule has 0 spiro atoms. The molecule has 1 aromatic heterocycles. The third-order valence-corrected chi connectivity index (χ3v) is 7.31. The first-order chi connectivity index (χ1) is 15.3. The van der Waals surface area contributed by atoms with Gasteiger partial charge in [-0.05, 0) is 66.1 Å². The Labute approximate surface area is 186 Å². The molecule has 32 heavy (non-hydrogen) atoms. The standard InChI is InChI=1S/C21H25N7O3S/c1-15-6-7-16(12-20(15)28-14-22-24-25-28)23-21(29)18-13-17(32(30,31)26(2)3)8-9-19(18)27-10-4-5-11-27/h6-9,12-14H,4-5,10-11H2,1-3H3,(H,23,29). The zero-order valence-electron chi connectivity index (χ0n) is 18.2. The summed E-state index contributed by atoms with van der Waals surface area (Å²) in [5, 5.41) is 14.1. The first kappa shape index (κ1) is 21.9. The molecule has 11 heteroatoms. The summed E-state index contributed by atoms with van der Waals surface area (Å²) in [5.74, 6) is -0.380. The second-order valence-electron chi connectivity index (χ2n) is 7.87. The third kappa shape index (κ3) is 4.21. The summed E-state index contributed by atoms with van der Waals surface area (Å²) in [6, 6.07) is 10.2. The number of amides is 1. The fourth-order valence-electron chi connectivity index (χ4n) is 3.71. The van der Waals surface area contributed by atoms with Gasteiger partial charge in [0.05, 0.1) is 16.1 Å². The zero-order chi connectivity index (χ0) is 22.9. The Hall–Kier alpha value is -3.31. The Morgan fingerprint density at radius 3 is 2.47 bits per heavy atom. The SMILES string of the molecule is Cc1ccc(NC(=O)c2cc(S(=O)(=O)N(C)C)ccc2N2CCCC2)cc1-n1cnnn1. The Bertz CT molecular complexity index is 1230. The van der Waals surface area contributed by atoms with Gasteiger partial charge in [-0.3, -0.25) is 4.79 Å². The number of hydrogen-bond acceptors (Lipinski definition) is 7. The highest BCUT2D eigenvalue weighted by Gasteiger charge is 2.25. The maximum atomic E-state index is 13.3. The molecule has 1 amide bonds. The van der Waals surface area contributed by atoms with Crippen LogP contribution in [0.1, 0.15) is 28.8 Å². The van der Waals surface area contributed by atoms with Gasteiger partial charge in [-0.1, -0.05) is 6.07 Å². The number of aromatic nitrogens is 4. The van der Waals surface area contributed by atoms with Gasteiger partial charge in [0.15, 0.2) is 0 Å². The molecule has 0 bridgehead atoms. The number of carbonyl (C=O) groups excluding carboxylic acids is 1. The highest BCUT2D eigenvalue weighted by atomic mass is 32.2. The van der Waals surface area contributed by atoms with E-state index >= 15 is 0 Å². The van der Waals surface area contributed by atoms with Gasteiger partial charge in [-0.25, -0.2) is 17.4 Å². The molecule has 168 valence electrons. The van der Waals surface area contributed by atoms with Crippen LogP contribution in [0.5, 0.6) is 0 Å². The number of tetrazole rings is 1. The van der Waals surface area contributed by atoms with Crippen molar-refractivity contribution in [2.24, 2.45) is 0 Å². The first-order valence-corrected chi connectivity index (χ1v) is 11.7. The maximum Gasteiger partial charge on any atom is 0.257 e. The predicted octanol–water partition coefficient (Wildman–Crippen LogP) is 2.07. The van der Waals surface area contributed by atoms with Crippen LogP contribution >= 0.6 is 0 Å². The monoisotopic (exact) mass is 455 g/mol. The molecule has 1 saturated heterocycles. The van der Waals surface area contributed by atoms with Crippen molar-refractivity contribution in [3.05, 3.63) is 53.9 Å². The number of aryl methyl sites for hydroxylation is 1. The van der Waals surface area contributed by atoms with Crippen LogP contribution in [0.4, 0.5) is 11.4 Å². The van der Waals surface area contributed by atoms with Crippen LogP contribution in [-0.2, 0) is 10.0 Å². The number of rotatable bonds is 6. The maximum absolute atomic E-state index is 13.3. The van der Waals surface area contributed by atoms with E-state index in [1.807, 2.05) is 13.0 Å². The second-order valence-corrected chi connectivity index (χ2v) is 10.0. The number of benzene rings is 2. The fourth-order valence-corrected chi connectivity index (χ4v) is 4.63. The van der Waals surface area contributed by atoms with Crippen molar-refractivity contribution in [3.63, 3.8) is 0 Å². The molecule has 10 nitrogen and oxygen atoms in total. The van der Waals surface area contributed by atoms with Crippen LogP contribution in [0.3, 0.4) is 0 Å². The molecule has 0 unspecified atom stereocenters. The van der Waals surface area contributed by atoms with E-state index in [0.29, 0.717) is 11.3 Å². The van der Waals surface area contributed by atoms with Crippen LogP contribution in [0.2, 0.25) is 0 Å². The summed E-state index contributed by atoms with van der Waals surface area (Å²) in [6.07, 6.45) is 3.55. The number of anilines is 2. The molecule has 3 aromatic rings. The summed E-state index contributed by atoms with van der Waals surface area (Å²) >= 11 is 0. The van der Waals surface area contributed by atoms with Crippen molar-refractivity contribution in [1.29, 1.82) is 0 Å². The smallest absolute Gasteiger partial charge is 0.257 e. The second kappa shape index (κ2) is 8.67. The molecule has 0 radical (unpaired) electrons. The predicted molar refractivity (Wildman–Crippen MR) is 121 cm³/mol. The Kier molecular flexibility index (Phi) is 5.94. The zero-order valence-corrected chi connectivity index (χ0v) is 19.0. The molecule has 4 rings (SSSR count). The van der Waals surface area contributed by atoms with Crippen molar-refractivity contribution in [2.45, 2.75) is 24.7 Å². The van der Waals surface area contributed by atoms with Crippen molar-refractivity contribution >= 4 is 27.3 Å². The van der Waals surface area contributed by atoms with Crippen molar-refractivity contribution < 1.29 is 13.2 Å². The molecular weight excluding hydrogens is 430 g/mol. The van der Waals surface area contributed by atoms with Gasteiger partial charge in [0.1, 0.15) is 6.33 Å². The van der Waals surface area contributed by atoms with E-state index in [2.05, 4.69) is 25.7 Å². The van der Waals surface area contributed by atoms with Gasteiger partial charge in [-0.2, -0.15) is 0 Å². The third-order valence-electron chi connectivity index (χ3n) is 5.50. The van der Waals surface area contributed by atoms with Gasteiger partial charge in [0, 0.05) is 38.6 Å². The number of carbonyl (C=O) groups is 1. The number of nitrogens with one attached hydrogen (secondary N) is 1. The highest BCUT2D eigenvalue weighted by Crippen LogP contribution is 2.29. The molecule has 0 aliphatic carbocycles. The molecule has 1 aliphatic rings. The van der Waals surface area contributed by atoms with E-state index in [9.17, 15) is 13.2 Å². The molecule has 0 saturated carbocycles. The van der Waals surface area contributed by atoms with Gasteiger partial charge in [0.2, 0.25) is 10.0 Å². The number of hydrogen-bond donors (Lipinski definition) is 1. The summed E-state index contributed by atoms with van der Waals surface area (Å²) in [5.41, 5.74) is 3.27. The first-order valence-electron chi connectivity index (χ1n) is 10.2. The summed E-state index contributed by atoms with van der Waals surface area (Å²) < 4.78 is 28.0. The molecule has 2 heterocycles. The van der Waals surface area contributed by atoms with E-state index < -0.39 is 10.0 Å². The highest BCUT2D eigenvalue weighted by molar-refractivity contribution is 7.89. The van der Waals surface area contributed by atoms with Crippen LogP contribution in [0.15, 0.2) is 47.6 Å². The van der Waals surface area contributed by atoms with E-state index in [1.54, 1.807) is 24.3 Å². The lowest BCUT2D eigenvalue weighted by Crippen LogP contribution is -2.25. The van der Waals surface area contributed by atoms with Crippen LogP contribution < -0.4 is 10.2 Å². The Morgan fingerprint density at radius 1 is 1.06 bits per heavy atom. The van der Waals surface area contributed by atoms with E-state index in [4.69, 9.17) is 0 Å². The summed E-state index contributed by atoms with van der Waals surface area (Å²) in [4.78, 5) is 15.5. The average Bonchev–Trinajstić information content (AvgIpc) is 3.49. The quantitative estimate of drug-likeness (QED) is 0.605. The number of nitrogens with zero attached hydrogens (tertiary/aromatic N) is 6. The fraction of sp³-hybridized carbons (Fsp3) is 0.333. The average molecular weight is 456 g/mol. The van der Waals surface area contributed by atoms with Gasteiger partial charge in [0.25, 0.3) is 5.91 Å². The minimum atomic E-state index is -3.68. The van der Waals surface area contributed by atoms with Gasteiger partial charge in [-0.15, -0.1) is 5.10 Å². The van der Waals surface area contributed by atoms with Gasteiger partial charge < -0.3 is 10.2 Å². The van der Waals surface area contributed by atoms with Crippen LogP contribution in [0.25, 0.3) is 5.69 Å². The molecule has 1 fully saturated rings. The van der Waals surface area contributed by atoms with Crippen molar-refractivity contribution in [2.75, 3.05) is 37.4 Å². The Balaban J connectivity index is 1.71. The molecule has 1 N–H and O–H groups in total. The van der Waals surface area contributed by atoms with E-state index in [0.717, 1.165) is 47.2 Å². The topological polar surface area (TPSA) is 113 Å². The van der Waals surface area contributed by atoms with Crippen molar-refractivity contribution in [3.8, 4) is 5.69 Å².